The molecule has 0 saturated heterocycles. The van der Waals surface area contributed by atoms with Gasteiger partial charge in [-0.15, -0.1) is 0 Å². The van der Waals surface area contributed by atoms with Crippen LogP contribution in [0, 0.1) is 0 Å². The van der Waals surface area contributed by atoms with Gasteiger partial charge >= 0.3 is 0 Å². The molecule has 0 aliphatic rings. The van der Waals surface area contributed by atoms with Crippen molar-refractivity contribution >= 4 is 28.8 Å². The number of hydrogen-bond acceptors (Lipinski definition) is 2. The lowest BCUT2D eigenvalue weighted by molar-refractivity contribution is -0.130. The summed E-state index contributed by atoms with van der Waals surface area (Å²) in [4.78, 5) is 25.4. The van der Waals surface area contributed by atoms with Gasteiger partial charge in [0.1, 0.15) is 0 Å². The summed E-state index contributed by atoms with van der Waals surface area (Å²) in [5, 5.41) is 2.44. The molecule has 0 bridgehead atoms. The van der Waals surface area contributed by atoms with Crippen LogP contribution < -0.4 is 5.43 Å². The molecule has 1 aromatic heterocycles. The van der Waals surface area contributed by atoms with Crippen LogP contribution in [0.5, 0.6) is 0 Å². The smallest absolute Gasteiger partial charge is 0.269 e. The zero-order valence-electron chi connectivity index (χ0n) is 18.5. The second kappa shape index (κ2) is 9.94. The first-order chi connectivity index (χ1) is 14.9. The lowest BCUT2D eigenvalue weighted by atomic mass is 10.1. The molecule has 2 aromatic carbocycles. The van der Waals surface area contributed by atoms with Gasteiger partial charge in [-0.2, -0.15) is 0 Å². The fourth-order valence-electron chi connectivity index (χ4n) is 3.28. The first-order valence-electron chi connectivity index (χ1n) is 10.5. The molecule has 0 fully saturated rings. The molecule has 2 amide bonds. The van der Waals surface area contributed by atoms with Crippen molar-refractivity contribution in [2.45, 2.75) is 40.3 Å². The molecule has 0 unspecified atom stereocenters. The largest absolute Gasteiger partial charge is 0.343 e. The van der Waals surface area contributed by atoms with Crippen molar-refractivity contribution in [1.82, 2.24) is 15.0 Å². The van der Waals surface area contributed by atoms with Crippen molar-refractivity contribution in [2.75, 3.05) is 0 Å². The summed E-state index contributed by atoms with van der Waals surface area (Å²) < 4.78 is 2.17. The lowest BCUT2D eigenvalue weighted by Gasteiger charge is -2.25. The SMILES string of the molecule is CC(C)=CCn1cc(C=CC(=O)N(NC(=O)c2ccccc2)C(C)C)c2ccccc21. The van der Waals surface area contributed by atoms with Crippen LogP contribution in [0.15, 0.2) is 78.5 Å². The predicted molar refractivity (Wildman–Crippen MR) is 126 cm³/mol. The molecular formula is C26H29N3O2. The van der Waals surface area contributed by atoms with Crippen molar-refractivity contribution in [3.05, 3.63) is 89.6 Å². The first-order valence-corrected chi connectivity index (χ1v) is 10.5. The van der Waals surface area contributed by atoms with E-state index in [-0.39, 0.29) is 17.9 Å². The third-order valence-electron chi connectivity index (χ3n) is 4.93. The number of allylic oxidation sites excluding steroid dienone is 2. The van der Waals surface area contributed by atoms with E-state index in [9.17, 15) is 9.59 Å². The Bertz CT molecular complexity index is 1120. The normalized spacial score (nSPS) is 11.1. The second-order valence-corrected chi connectivity index (χ2v) is 7.98. The van der Waals surface area contributed by atoms with Crippen LogP contribution in [-0.2, 0) is 11.3 Å². The van der Waals surface area contributed by atoms with Gasteiger partial charge in [-0.25, -0.2) is 5.01 Å². The molecule has 3 rings (SSSR count). The third kappa shape index (κ3) is 5.51. The van der Waals surface area contributed by atoms with Gasteiger partial charge < -0.3 is 4.57 Å². The molecule has 1 N–H and O–H groups in total. The fourth-order valence-corrected chi connectivity index (χ4v) is 3.28. The number of hydrogen-bond donors (Lipinski definition) is 1. The summed E-state index contributed by atoms with van der Waals surface area (Å²) in [6.07, 6.45) is 7.55. The Kier molecular flexibility index (Phi) is 7.08. The summed E-state index contributed by atoms with van der Waals surface area (Å²) in [6, 6.07) is 16.8. The van der Waals surface area contributed by atoms with Gasteiger partial charge in [0, 0.05) is 46.9 Å². The zero-order chi connectivity index (χ0) is 22.4. The average molecular weight is 416 g/mol. The number of amides is 2. The number of nitrogens with zero attached hydrogens (tertiary/aromatic N) is 2. The Morgan fingerprint density at radius 3 is 2.39 bits per heavy atom. The van der Waals surface area contributed by atoms with Crippen LogP contribution in [0.4, 0.5) is 0 Å². The molecular weight excluding hydrogens is 386 g/mol. The fraction of sp³-hybridized carbons (Fsp3) is 0.231. The number of carbonyl (C=O) groups excluding carboxylic acids is 2. The number of aromatic nitrogens is 1. The monoisotopic (exact) mass is 415 g/mol. The number of benzene rings is 2. The molecule has 5 heteroatoms. The topological polar surface area (TPSA) is 54.3 Å². The van der Waals surface area contributed by atoms with Crippen LogP contribution in [0.1, 0.15) is 43.6 Å². The summed E-state index contributed by atoms with van der Waals surface area (Å²) in [7, 11) is 0. The molecule has 5 nitrogen and oxygen atoms in total. The van der Waals surface area contributed by atoms with E-state index in [1.807, 2.05) is 38.1 Å². The quantitative estimate of drug-likeness (QED) is 0.342. The van der Waals surface area contributed by atoms with Gasteiger partial charge in [0.15, 0.2) is 0 Å². The number of rotatable bonds is 6. The van der Waals surface area contributed by atoms with Crippen LogP contribution in [-0.4, -0.2) is 27.4 Å². The average Bonchev–Trinajstić information content (AvgIpc) is 3.12. The van der Waals surface area contributed by atoms with E-state index in [4.69, 9.17) is 0 Å². The van der Waals surface area contributed by atoms with E-state index in [1.54, 1.807) is 24.3 Å². The van der Waals surface area contributed by atoms with E-state index in [0.717, 1.165) is 23.0 Å². The van der Waals surface area contributed by atoms with E-state index < -0.39 is 0 Å². The maximum absolute atomic E-state index is 12.9. The number of carbonyl (C=O) groups is 2. The van der Waals surface area contributed by atoms with Gasteiger partial charge in [-0.05, 0) is 52.0 Å². The van der Waals surface area contributed by atoms with Crippen LogP contribution >= 0.6 is 0 Å². The first kappa shape index (κ1) is 22.1. The Morgan fingerprint density at radius 1 is 1.03 bits per heavy atom. The van der Waals surface area contributed by atoms with E-state index >= 15 is 0 Å². The standard InChI is InChI=1S/C26H29N3O2/c1-19(2)16-17-28-18-22(23-12-8-9-13-24(23)28)14-15-25(30)29(20(3)4)27-26(31)21-10-6-5-7-11-21/h5-16,18,20H,17H2,1-4H3,(H,27,31). The molecule has 0 radical (unpaired) electrons. The second-order valence-electron chi connectivity index (χ2n) is 7.98. The molecule has 0 saturated carbocycles. The highest BCUT2D eigenvalue weighted by Crippen LogP contribution is 2.23. The molecule has 160 valence electrons. The van der Waals surface area contributed by atoms with Gasteiger partial charge in [-0.3, -0.25) is 15.0 Å². The Morgan fingerprint density at radius 2 is 1.71 bits per heavy atom. The number of nitrogens with one attached hydrogen (secondary N) is 1. The van der Waals surface area contributed by atoms with E-state index in [1.165, 1.54) is 16.7 Å². The van der Waals surface area contributed by atoms with E-state index in [2.05, 4.69) is 48.2 Å². The van der Waals surface area contributed by atoms with Crippen molar-refractivity contribution in [3.63, 3.8) is 0 Å². The summed E-state index contributed by atoms with van der Waals surface area (Å²) in [5.41, 5.74) is 6.57. The minimum atomic E-state index is -0.311. The Labute approximate surface area is 183 Å². The molecule has 0 atom stereocenters. The van der Waals surface area contributed by atoms with Gasteiger partial charge in [-0.1, -0.05) is 48.0 Å². The van der Waals surface area contributed by atoms with Crippen molar-refractivity contribution in [1.29, 1.82) is 0 Å². The maximum Gasteiger partial charge on any atom is 0.269 e. The molecule has 31 heavy (non-hydrogen) atoms. The minimum Gasteiger partial charge on any atom is -0.343 e. The third-order valence-corrected chi connectivity index (χ3v) is 4.93. The van der Waals surface area contributed by atoms with Gasteiger partial charge in [0.2, 0.25) is 0 Å². The Balaban J connectivity index is 1.82. The van der Waals surface area contributed by atoms with Crippen molar-refractivity contribution in [3.8, 4) is 0 Å². The minimum absolute atomic E-state index is 0.191. The van der Waals surface area contributed by atoms with Crippen molar-refractivity contribution in [2.24, 2.45) is 0 Å². The lowest BCUT2D eigenvalue weighted by Crippen LogP contribution is -2.49. The molecule has 0 aliphatic carbocycles. The molecule has 1 heterocycles. The summed E-state index contributed by atoms with van der Waals surface area (Å²) in [5.74, 6) is -0.588. The molecule has 0 spiro atoms. The predicted octanol–water partition coefficient (Wildman–Crippen LogP) is 5.20. The summed E-state index contributed by atoms with van der Waals surface area (Å²) in [6.45, 7) is 8.66. The molecule has 0 aliphatic heterocycles. The molecule has 3 aromatic rings. The highest BCUT2D eigenvalue weighted by molar-refractivity contribution is 5.99. The highest BCUT2D eigenvalue weighted by Gasteiger charge is 2.18. The van der Waals surface area contributed by atoms with Crippen LogP contribution in [0.25, 0.3) is 17.0 Å². The van der Waals surface area contributed by atoms with Gasteiger partial charge in [0.05, 0.1) is 0 Å². The highest BCUT2D eigenvalue weighted by atomic mass is 16.2. The van der Waals surface area contributed by atoms with E-state index in [0.29, 0.717) is 5.56 Å². The summed E-state index contributed by atoms with van der Waals surface area (Å²) >= 11 is 0. The maximum atomic E-state index is 12.9. The van der Waals surface area contributed by atoms with Crippen molar-refractivity contribution < 1.29 is 9.59 Å². The number of hydrazine groups is 1. The number of fused-ring (bicyclic) bond motifs is 1. The number of para-hydroxylation sites is 1. The Hall–Kier alpha value is -3.60. The van der Waals surface area contributed by atoms with Crippen LogP contribution in [0.2, 0.25) is 0 Å². The van der Waals surface area contributed by atoms with Crippen LogP contribution in [0.3, 0.4) is 0 Å². The zero-order valence-corrected chi connectivity index (χ0v) is 18.5. The van der Waals surface area contributed by atoms with Gasteiger partial charge in [0.25, 0.3) is 11.8 Å².